The lowest BCUT2D eigenvalue weighted by molar-refractivity contribution is -0.115. The largest absolute Gasteiger partial charge is 0.325 e. The number of benzene rings is 2. The highest BCUT2D eigenvalue weighted by Gasteiger charge is 2.21. The van der Waals surface area contributed by atoms with Crippen LogP contribution in [-0.2, 0) is 4.79 Å². The number of carbonyl (C=O) groups is 1. The third kappa shape index (κ3) is 4.67. The van der Waals surface area contributed by atoms with Gasteiger partial charge in [0.05, 0.1) is 10.9 Å². The zero-order chi connectivity index (χ0) is 21.1. The Kier molecular flexibility index (Phi) is 6.37. The number of tetrazole rings is 1. The van der Waals surface area contributed by atoms with Crippen molar-refractivity contribution in [2.45, 2.75) is 57.9 Å². The summed E-state index contributed by atoms with van der Waals surface area (Å²) in [6.45, 7) is 12.2. The minimum atomic E-state index is -0.356. The second kappa shape index (κ2) is 8.78. The minimum Gasteiger partial charge on any atom is -0.325 e. The van der Waals surface area contributed by atoms with Gasteiger partial charge in [0, 0.05) is 5.69 Å². The average Bonchev–Trinajstić information content (AvgIpc) is 3.10. The number of thioether (sulfide) groups is 1. The maximum Gasteiger partial charge on any atom is 0.237 e. The van der Waals surface area contributed by atoms with Gasteiger partial charge in [0.1, 0.15) is 0 Å². The van der Waals surface area contributed by atoms with E-state index in [1.165, 1.54) is 17.3 Å². The van der Waals surface area contributed by atoms with E-state index in [1.54, 1.807) is 4.68 Å². The predicted molar refractivity (Wildman–Crippen MR) is 118 cm³/mol. The van der Waals surface area contributed by atoms with E-state index in [2.05, 4.69) is 53.7 Å². The number of amides is 1. The normalized spacial score (nSPS) is 12.2. The van der Waals surface area contributed by atoms with E-state index in [0.29, 0.717) is 11.1 Å². The Balaban J connectivity index is 1.80. The van der Waals surface area contributed by atoms with Gasteiger partial charge in [-0.3, -0.25) is 4.79 Å². The van der Waals surface area contributed by atoms with Crippen molar-refractivity contribution in [2.24, 2.45) is 0 Å². The van der Waals surface area contributed by atoms with Gasteiger partial charge in [-0.25, -0.2) is 0 Å². The standard InChI is InChI=1S/C22H27N5OS/c1-13(2)18-9-7-8-15(4)20(18)23-21(28)17(6)29-22-24-25-26-27(22)19-11-10-14(3)12-16(19)5/h7-13,17H,1-6H3,(H,23,28). The molecular formula is C22H27N5OS. The number of hydrogen-bond donors (Lipinski definition) is 1. The van der Waals surface area contributed by atoms with Crippen molar-refractivity contribution in [1.29, 1.82) is 0 Å². The maximum atomic E-state index is 12.9. The summed E-state index contributed by atoms with van der Waals surface area (Å²) >= 11 is 1.35. The van der Waals surface area contributed by atoms with Crippen molar-refractivity contribution in [3.05, 3.63) is 58.7 Å². The van der Waals surface area contributed by atoms with Gasteiger partial charge in [0.25, 0.3) is 0 Å². The van der Waals surface area contributed by atoms with E-state index in [-0.39, 0.29) is 11.2 Å². The molecule has 0 fully saturated rings. The molecule has 0 saturated heterocycles. The molecule has 152 valence electrons. The first kappa shape index (κ1) is 21.0. The van der Waals surface area contributed by atoms with Gasteiger partial charge < -0.3 is 5.32 Å². The zero-order valence-electron chi connectivity index (χ0n) is 17.7. The highest BCUT2D eigenvalue weighted by molar-refractivity contribution is 8.00. The van der Waals surface area contributed by atoms with Crippen LogP contribution < -0.4 is 5.32 Å². The SMILES string of the molecule is Cc1ccc(-n2nnnc2SC(C)C(=O)Nc2c(C)cccc2C(C)C)c(C)c1. The first-order valence-corrected chi connectivity index (χ1v) is 10.6. The molecular weight excluding hydrogens is 382 g/mol. The monoisotopic (exact) mass is 409 g/mol. The second-order valence-electron chi connectivity index (χ2n) is 7.61. The molecule has 0 aliphatic rings. The van der Waals surface area contributed by atoms with Crippen LogP contribution in [0.4, 0.5) is 5.69 Å². The molecule has 0 spiro atoms. The van der Waals surface area contributed by atoms with Gasteiger partial charge in [-0.05, 0) is 66.8 Å². The molecule has 1 aromatic heterocycles. The van der Waals surface area contributed by atoms with Crippen LogP contribution >= 0.6 is 11.8 Å². The second-order valence-corrected chi connectivity index (χ2v) is 8.91. The van der Waals surface area contributed by atoms with E-state index in [9.17, 15) is 4.79 Å². The van der Waals surface area contributed by atoms with E-state index >= 15 is 0 Å². The average molecular weight is 410 g/mol. The van der Waals surface area contributed by atoms with Crippen LogP contribution in [0.25, 0.3) is 5.69 Å². The first-order chi connectivity index (χ1) is 13.8. The summed E-state index contributed by atoms with van der Waals surface area (Å²) in [5.41, 5.74) is 6.27. The van der Waals surface area contributed by atoms with Gasteiger partial charge in [0.2, 0.25) is 11.1 Å². The molecule has 0 saturated carbocycles. The van der Waals surface area contributed by atoms with Crippen LogP contribution in [0.3, 0.4) is 0 Å². The van der Waals surface area contributed by atoms with Crippen molar-refractivity contribution >= 4 is 23.4 Å². The van der Waals surface area contributed by atoms with E-state index in [1.807, 2.05) is 45.0 Å². The van der Waals surface area contributed by atoms with Crippen LogP contribution in [0.2, 0.25) is 0 Å². The molecule has 1 N–H and O–H groups in total. The van der Waals surface area contributed by atoms with Gasteiger partial charge in [-0.15, -0.1) is 5.10 Å². The molecule has 3 aromatic rings. The summed E-state index contributed by atoms with van der Waals surface area (Å²) in [6.07, 6.45) is 0. The van der Waals surface area contributed by atoms with Crippen molar-refractivity contribution < 1.29 is 4.79 Å². The Morgan fingerprint density at radius 3 is 2.52 bits per heavy atom. The van der Waals surface area contributed by atoms with Gasteiger partial charge in [-0.1, -0.05) is 61.5 Å². The quantitative estimate of drug-likeness (QED) is 0.590. The molecule has 3 rings (SSSR count). The molecule has 0 aliphatic carbocycles. The summed E-state index contributed by atoms with van der Waals surface area (Å²) in [5.74, 6) is 0.256. The predicted octanol–water partition coefficient (Wildman–Crippen LogP) is 4.83. The maximum absolute atomic E-state index is 12.9. The lowest BCUT2D eigenvalue weighted by Crippen LogP contribution is -2.24. The molecule has 1 atom stereocenters. The molecule has 0 bridgehead atoms. The summed E-state index contributed by atoms with van der Waals surface area (Å²) in [6, 6.07) is 12.2. The van der Waals surface area contributed by atoms with Crippen molar-refractivity contribution in [3.63, 3.8) is 0 Å². The van der Waals surface area contributed by atoms with E-state index in [0.717, 1.165) is 28.1 Å². The molecule has 29 heavy (non-hydrogen) atoms. The number of aryl methyl sites for hydroxylation is 3. The number of nitrogens with zero attached hydrogens (tertiary/aromatic N) is 4. The highest BCUT2D eigenvalue weighted by atomic mass is 32.2. The number of para-hydroxylation sites is 1. The Bertz CT molecular complexity index is 1030. The van der Waals surface area contributed by atoms with Crippen LogP contribution in [0.5, 0.6) is 0 Å². The Morgan fingerprint density at radius 1 is 1.07 bits per heavy atom. The lowest BCUT2D eigenvalue weighted by atomic mass is 9.98. The topological polar surface area (TPSA) is 72.7 Å². The van der Waals surface area contributed by atoms with Crippen molar-refractivity contribution in [2.75, 3.05) is 5.32 Å². The smallest absolute Gasteiger partial charge is 0.237 e. The molecule has 7 heteroatoms. The van der Waals surface area contributed by atoms with Crippen molar-refractivity contribution in [1.82, 2.24) is 20.2 Å². The zero-order valence-corrected chi connectivity index (χ0v) is 18.5. The van der Waals surface area contributed by atoms with Gasteiger partial charge in [-0.2, -0.15) is 4.68 Å². The van der Waals surface area contributed by atoms with Crippen LogP contribution in [-0.4, -0.2) is 31.4 Å². The summed E-state index contributed by atoms with van der Waals surface area (Å²) < 4.78 is 1.69. The van der Waals surface area contributed by atoms with E-state index in [4.69, 9.17) is 0 Å². The Labute approximate surface area is 176 Å². The molecule has 6 nitrogen and oxygen atoms in total. The molecule has 1 unspecified atom stereocenters. The number of aromatic nitrogens is 4. The first-order valence-electron chi connectivity index (χ1n) is 9.71. The minimum absolute atomic E-state index is 0.0682. The number of rotatable bonds is 6. The molecule has 2 aromatic carbocycles. The third-order valence-electron chi connectivity index (χ3n) is 4.85. The lowest BCUT2D eigenvalue weighted by Gasteiger charge is -2.18. The highest BCUT2D eigenvalue weighted by Crippen LogP contribution is 2.30. The van der Waals surface area contributed by atoms with E-state index < -0.39 is 0 Å². The van der Waals surface area contributed by atoms with Gasteiger partial charge in [0.15, 0.2) is 0 Å². The van der Waals surface area contributed by atoms with Crippen LogP contribution in [0.15, 0.2) is 41.6 Å². The molecule has 1 heterocycles. The Morgan fingerprint density at radius 2 is 1.83 bits per heavy atom. The summed E-state index contributed by atoms with van der Waals surface area (Å²) in [5, 5.41) is 15.4. The number of carbonyl (C=O) groups excluding carboxylic acids is 1. The molecule has 1 amide bonds. The summed E-state index contributed by atoms with van der Waals surface area (Å²) in [4.78, 5) is 12.9. The van der Waals surface area contributed by atoms with Crippen molar-refractivity contribution in [3.8, 4) is 5.69 Å². The molecule has 0 aliphatic heterocycles. The Hall–Kier alpha value is -2.67. The fourth-order valence-electron chi connectivity index (χ4n) is 3.23. The fourth-order valence-corrected chi connectivity index (χ4v) is 4.03. The number of anilines is 1. The fraction of sp³-hybridized carbons (Fsp3) is 0.364. The third-order valence-corrected chi connectivity index (χ3v) is 5.88. The van der Waals surface area contributed by atoms with Crippen LogP contribution in [0, 0.1) is 20.8 Å². The number of hydrogen-bond acceptors (Lipinski definition) is 5. The molecule has 0 radical (unpaired) electrons. The van der Waals surface area contributed by atoms with Gasteiger partial charge >= 0.3 is 0 Å². The summed E-state index contributed by atoms with van der Waals surface area (Å²) in [7, 11) is 0. The number of nitrogens with one attached hydrogen (secondary N) is 1. The van der Waals surface area contributed by atoms with Crippen LogP contribution in [0.1, 0.15) is 48.9 Å².